The summed E-state index contributed by atoms with van der Waals surface area (Å²) in [5.41, 5.74) is 0.120. The van der Waals surface area contributed by atoms with Crippen molar-refractivity contribution >= 4 is 18.3 Å². The molecule has 0 saturated heterocycles. The molecule has 0 radical (unpaired) electrons. The van der Waals surface area contributed by atoms with Crippen molar-refractivity contribution in [2.45, 2.75) is 51.0 Å². The van der Waals surface area contributed by atoms with E-state index in [4.69, 9.17) is 0 Å². The molecule has 0 unspecified atom stereocenters. The van der Waals surface area contributed by atoms with Crippen LogP contribution in [0.25, 0.3) is 0 Å². The highest BCUT2D eigenvalue weighted by molar-refractivity contribution is 5.94. The van der Waals surface area contributed by atoms with Gasteiger partial charge in [0.25, 0.3) is 5.91 Å². The molecule has 124 valence electrons. The van der Waals surface area contributed by atoms with Gasteiger partial charge in [0.1, 0.15) is 5.82 Å². The summed E-state index contributed by atoms with van der Waals surface area (Å²) in [5.74, 6) is -0.797. The van der Waals surface area contributed by atoms with Gasteiger partial charge in [0.15, 0.2) is 0 Å². The van der Waals surface area contributed by atoms with Gasteiger partial charge in [-0.05, 0) is 37.9 Å². The monoisotopic (exact) mass is 328 g/mol. The Labute approximate surface area is 138 Å². The Morgan fingerprint density at radius 2 is 1.77 bits per heavy atom. The molecule has 22 heavy (non-hydrogen) atoms. The second-order valence-electron chi connectivity index (χ2n) is 5.73. The van der Waals surface area contributed by atoms with Gasteiger partial charge in [-0.15, -0.1) is 12.4 Å². The Hall–Kier alpha value is -1.13. The van der Waals surface area contributed by atoms with Crippen molar-refractivity contribution in [2.75, 3.05) is 13.1 Å². The maximum atomic E-state index is 13.4. The lowest BCUT2D eigenvalue weighted by molar-refractivity contribution is 0.0949. The molecule has 1 aromatic rings. The molecule has 0 aromatic heterocycles. The van der Waals surface area contributed by atoms with E-state index in [2.05, 4.69) is 10.6 Å². The van der Waals surface area contributed by atoms with E-state index in [1.54, 1.807) is 12.1 Å². The third-order valence-electron chi connectivity index (χ3n) is 4.05. The molecular weight excluding hydrogens is 303 g/mol. The highest BCUT2D eigenvalue weighted by Crippen LogP contribution is 2.16. The fourth-order valence-corrected chi connectivity index (χ4v) is 2.82. The number of hydrogen-bond donors (Lipinski definition) is 2. The van der Waals surface area contributed by atoms with Crippen LogP contribution in [0.2, 0.25) is 0 Å². The minimum absolute atomic E-state index is 0. The van der Waals surface area contributed by atoms with Crippen molar-refractivity contribution in [3.05, 3.63) is 35.6 Å². The molecular formula is C17H26ClFN2O. The smallest absolute Gasteiger partial charge is 0.254 e. The highest BCUT2D eigenvalue weighted by atomic mass is 35.5. The second-order valence-corrected chi connectivity index (χ2v) is 5.73. The SMILES string of the molecule is Cl.O=C(NCCCNC1CCCCCC1)c1ccccc1F. The largest absolute Gasteiger partial charge is 0.352 e. The van der Waals surface area contributed by atoms with E-state index >= 15 is 0 Å². The van der Waals surface area contributed by atoms with E-state index in [0.717, 1.165) is 13.0 Å². The normalized spacial score (nSPS) is 15.7. The Bertz CT molecular complexity index is 448. The summed E-state index contributed by atoms with van der Waals surface area (Å²) in [6.07, 6.45) is 8.76. The minimum atomic E-state index is -0.466. The first-order chi connectivity index (χ1) is 10.3. The maximum Gasteiger partial charge on any atom is 0.254 e. The van der Waals surface area contributed by atoms with Gasteiger partial charge in [-0.2, -0.15) is 0 Å². The number of carbonyl (C=O) groups excluding carboxylic acids is 1. The summed E-state index contributed by atoms with van der Waals surface area (Å²) in [6.45, 7) is 1.48. The molecule has 0 bridgehead atoms. The van der Waals surface area contributed by atoms with Gasteiger partial charge in [-0.1, -0.05) is 37.8 Å². The lowest BCUT2D eigenvalue weighted by Crippen LogP contribution is -2.32. The van der Waals surface area contributed by atoms with Crippen LogP contribution in [0.15, 0.2) is 24.3 Å². The molecule has 1 aliphatic rings. The summed E-state index contributed by atoms with van der Waals surface area (Å²) in [5, 5.41) is 6.33. The highest BCUT2D eigenvalue weighted by Gasteiger charge is 2.12. The number of rotatable bonds is 6. The number of benzene rings is 1. The zero-order chi connectivity index (χ0) is 14.9. The van der Waals surface area contributed by atoms with Gasteiger partial charge in [0.2, 0.25) is 0 Å². The van der Waals surface area contributed by atoms with Crippen molar-refractivity contribution < 1.29 is 9.18 Å². The van der Waals surface area contributed by atoms with Crippen LogP contribution in [-0.4, -0.2) is 25.0 Å². The first-order valence-electron chi connectivity index (χ1n) is 8.03. The van der Waals surface area contributed by atoms with Crippen molar-refractivity contribution in [1.82, 2.24) is 10.6 Å². The number of halogens is 2. The van der Waals surface area contributed by atoms with Gasteiger partial charge >= 0.3 is 0 Å². The molecule has 3 nitrogen and oxygen atoms in total. The topological polar surface area (TPSA) is 41.1 Å². The summed E-state index contributed by atoms with van der Waals surface area (Å²) in [7, 11) is 0. The summed E-state index contributed by atoms with van der Waals surface area (Å²) >= 11 is 0. The average Bonchev–Trinajstić information content (AvgIpc) is 2.76. The second kappa shape index (κ2) is 10.6. The van der Waals surface area contributed by atoms with E-state index in [0.29, 0.717) is 12.6 Å². The quantitative estimate of drug-likeness (QED) is 0.618. The summed E-state index contributed by atoms with van der Waals surface area (Å²) in [4.78, 5) is 11.8. The summed E-state index contributed by atoms with van der Waals surface area (Å²) < 4.78 is 13.4. The predicted molar refractivity (Wildman–Crippen MR) is 90.1 cm³/mol. The van der Waals surface area contributed by atoms with E-state index < -0.39 is 5.82 Å². The van der Waals surface area contributed by atoms with Gasteiger partial charge in [-0.25, -0.2) is 4.39 Å². The number of nitrogens with one attached hydrogen (secondary N) is 2. The van der Waals surface area contributed by atoms with Crippen LogP contribution >= 0.6 is 12.4 Å². The van der Waals surface area contributed by atoms with Gasteiger partial charge in [-0.3, -0.25) is 4.79 Å². The molecule has 2 N–H and O–H groups in total. The Kier molecular flexibility index (Phi) is 9.09. The molecule has 1 aromatic carbocycles. The molecule has 1 saturated carbocycles. The van der Waals surface area contributed by atoms with Crippen molar-refractivity contribution in [3.63, 3.8) is 0 Å². The number of hydrogen-bond acceptors (Lipinski definition) is 2. The van der Waals surface area contributed by atoms with Gasteiger partial charge < -0.3 is 10.6 Å². The third kappa shape index (κ3) is 6.32. The third-order valence-corrected chi connectivity index (χ3v) is 4.05. The van der Waals surface area contributed by atoms with Gasteiger partial charge in [0, 0.05) is 12.6 Å². The molecule has 1 amide bonds. The predicted octanol–water partition coefficient (Wildman–Crippen LogP) is 3.68. The molecule has 0 atom stereocenters. The zero-order valence-corrected chi connectivity index (χ0v) is 13.8. The first kappa shape index (κ1) is 18.9. The van der Waals surface area contributed by atoms with Crippen LogP contribution in [-0.2, 0) is 0 Å². The fraction of sp³-hybridized carbons (Fsp3) is 0.588. The standard InChI is InChI=1S/C17H25FN2O.ClH/c18-16-11-6-5-10-15(16)17(21)20-13-7-12-19-14-8-3-1-2-4-9-14;/h5-6,10-11,14,19H,1-4,7-9,12-13H2,(H,20,21);1H. The van der Waals surface area contributed by atoms with E-state index in [1.165, 1.54) is 50.7 Å². The zero-order valence-electron chi connectivity index (χ0n) is 12.9. The molecule has 1 aliphatic carbocycles. The molecule has 1 fully saturated rings. The molecule has 5 heteroatoms. The van der Waals surface area contributed by atoms with Crippen LogP contribution in [0.4, 0.5) is 4.39 Å². The van der Waals surface area contributed by atoms with Crippen LogP contribution in [0.5, 0.6) is 0 Å². The molecule has 0 aliphatic heterocycles. The van der Waals surface area contributed by atoms with Crippen LogP contribution in [0, 0.1) is 5.82 Å². The van der Waals surface area contributed by atoms with Crippen LogP contribution in [0.1, 0.15) is 55.3 Å². The van der Waals surface area contributed by atoms with Crippen molar-refractivity contribution in [1.29, 1.82) is 0 Å². The van der Waals surface area contributed by atoms with E-state index in [1.807, 2.05) is 0 Å². The Balaban J connectivity index is 0.00000242. The lowest BCUT2D eigenvalue weighted by Gasteiger charge is -2.16. The van der Waals surface area contributed by atoms with E-state index in [9.17, 15) is 9.18 Å². The minimum Gasteiger partial charge on any atom is -0.352 e. The molecule has 0 spiro atoms. The van der Waals surface area contributed by atoms with Gasteiger partial charge in [0.05, 0.1) is 5.56 Å². The molecule has 0 heterocycles. The Morgan fingerprint density at radius 3 is 2.45 bits per heavy atom. The number of amides is 1. The van der Waals surface area contributed by atoms with E-state index in [-0.39, 0.29) is 23.9 Å². The first-order valence-corrected chi connectivity index (χ1v) is 8.03. The van der Waals surface area contributed by atoms with Crippen LogP contribution < -0.4 is 10.6 Å². The Morgan fingerprint density at radius 1 is 1.09 bits per heavy atom. The van der Waals surface area contributed by atoms with Crippen molar-refractivity contribution in [2.24, 2.45) is 0 Å². The maximum absolute atomic E-state index is 13.4. The fourth-order valence-electron chi connectivity index (χ4n) is 2.82. The molecule has 2 rings (SSSR count). The number of carbonyl (C=O) groups is 1. The summed E-state index contributed by atoms with van der Waals surface area (Å²) in [6, 6.07) is 6.71. The van der Waals surface area contributed by atoms with Crippen molar-refractivity contribution in [3.8, 4) is 0 Å². The average molecular weight is 329 g/mol. The van der Waals surface area contributed by atoms with Crippen LogP contribution in [0.3, 0.4) is 0 Å². The lowest BCUT2D eigenvalue weighted by atomic mass is 10.1.